The third-order valence-electron chi connectivity index (χ3n) is 4.15. The van der Waals surface area contributed by atoms with Crippen LogP contribution in [0.25, 0.3) is 0 Å². The molecule has 3 heterocycles. The van der Waals surface area contributed by atoms with Crippen LogP contribution in [0.15, 0.2) is 48.0 Å². The summed E-state index contributed by atoms with van der Waals surface area (Å²) in [5.41, 5.74) is 1.91. The number of likely N-dealkylation sites (tertiary alicyclic amines) is 1. The van der Waals surface area contributed by atoms with Gasteiger partial charge in [0.2, 0.25) is 0 Å². The highest BCUT2D eigenvalue weighted by Crippen LogP contribution is 2.25. The van der Waals surface area contributed by atoms with E-state index in [4.69, 9.17) is 4.74 Å². The van der Waals surface area contributed by atoms with Crippen molar-refractivity contribution in [2.75, 3.05) is 13.1 Å². The summed E-state index contributed by atoms with van der Waals surface area (Å²) in [6.07, 6.45) is 1.89. The predicted molar refractivity (Wildman–Crippen MR) is 94.8 cm³/mol. The summed E-state index contributed by atoms with van der Waals surface area (Å²) < 4.78 is 7.50. The standard InChI is InChI=1S/C18H18N4O2S/c1-13-7-17(25-12-13)18(23)21-9-15(10-21)22-8-14(19-20-22)11-24-16-5-3-2-4-6-16/h2-8,12,15H,9-11H2,1H3. The van der Waals surface area contributed by atoms with Crippen molar-refractivity contribution in [1.82, 2.24) is 19.9 Å². The Hall–Kier alpha value is -2.67. The van der Waals surface area contributed by atoms with E-state index in [1.165, 1.54) is 11.3 Å². The van der Waals surface area contributed by atoms with E-state index < -0.39 is 0 Å². The molecule has 0 spiro atoms. The minimum absolute atomic E-state index is 0.0992. The van der Waals surface area contributed by atoms with E-state index in [2.05, 4.69) is 10.3 Å². The number of para-hydroxylation sites is 1. The molecule has 1 aliphatic heterocycles. The number of rotatable bonds is 5. The number of aromatic nitrogens is 3. The van der Waals surface area contributed by atoms with E-state index in [1.807, 2.05) is 64.5 Å². The van der Waals surface area contributed by atoms with Crippen LogP contribution in [0.4, 0.5) is 0 Å². The van der Waals surface area contributed by atoms with Crippen molar-refractivity contribution in [3.8, 4) is 5.75 Å². The molecule has 3 aromatic rings. The van der Waals surface area contributed by atoms with Crippen LogP contribution in [0.5, 0.6) is 5.75 Å². The summed E-state index contributed by atoms with van der Waals surface area (Å²) >= 11 is 1.50. The lowest BCUT2D eigenvalue weighted by Crippen LogP contribution is -2.50. The van der Waals surface area contributed by atoms with Gasteiger partial charge in [-0.25, -0.2) is 4.68 Å². The van der Waals surface area contributed by atoms with Gasteiger partial charge in [-0.1, -0.05) is 23.4 Å². The second kappa shape index (κ2) is 6.68. The monoisotopic (exact) mass is 354 g/mol. The summed E-state index contributed by atoms with van der Waals surface area (Å²) in [4.78, 5) is 15.0. The number of ether oxygens (including phenoxy) is 1. The van der Waals surface area contributed by atoms with Crippen molar-refractivity contribution < 1.29 is 9.53 Å². The average molecular weight is 354 g/mol. The van der Waals surface area contributed by atoms with Gasteiger partial charge < -0.3 is 9.64 Å². The number of hydrogen-bond donors (Lipinski definition) is 0. The molecule has 0 saturated carbocycles. The molecule has 0 unspecified atom stereocenters. The van der Waals surface area contributed by atoms with Gasteiger partial charge in [0, 0.05) is 13.1 Å². The van der Waals surface area contributed by atoms with Crippen molar-refractivity contribution >= 4 is 17.2 Å². The maximum Gasteiger partial charge on any atom is 0.264 e. The van der Waals surface area contributed by atoms with Crippen LogP contribution < -0.4 is 4.74 Å². The number of thiophene rings is 1. The number of carbonyl (C=O) groups is 1. The van der Waals surface area contributed by atoms with Gasteiger partial charge in [-0.15, -0.1) is 16.4 Å². The first-order chi connectivity index (χ1) is 12.2. The van der Waals surface area contributed by atoms with Gasteiger partial charge >= 0.3 is 0 Å². The van der Waals surface area contributed by atoms with E-state index in [0.29, 0.717) is 19.7 Å². The first-order valence-electron chi connectivity index (χ1n) is 8.12. The van der Waals surface area contributed by atoms with Crippen molar-refractivity contribution in [2.45, 2.75) is 19.6 Å². The average Bonchev–Trinajstić information content (AvgIpc) is 3.22. The fraction of sp³-hybridized carbons (Fsp3) is 0.278. The van der Waals surface area contributed by atoms with Crippen molar-refractivity contribution in [2.24, 2.45) is 0 Å². The molecule has 4 rings (SSSR count). The van der Waals surface area contributed by atoms with Crippen LogP contribution in [-0.2, 0) is 6.61 Å². The SMILES string of the molecule is Cc1csc(C(=O)N2CC(n3cc(COc4ccccc4)nn3)C2)c1. The summed E-state index contributed by atoms with van der Waals surface area (Å²) in [5.74, 6) is 0.908. The molecule has 128 valence electrons. The lowest BCUT2D eigenvalue weighted by atomic mass is 10.1. The summed E-state index contributed by atoms with van der Waals surface area (Å²) in [6, 6.07) is 11.8. The van der Waals surface area contributed by atoms with Gasteiger partial charge in [0.05, 0.1) is 17.1 Å². The van der Waals surface area contributed by atoms with Gasteiger partial charge in [0.25, 0.3) is 5.91 Å². The van der Waals surface area contributed by atoms with Crippen LogP contribution in [0, 0.1) is 6.92 Å². The molecule has 0 bridgehead atoms. The number of aryl methyl sites for hydroxylation is 1. The van der Waals surface area contributed by atoms with Gasteiger partial charge in [-0.05, 0) is 36.1 Å². The van der Waals surface area contributed by atoms with Gasteiger partial charge in [-0.3, -0.25) is 4.79 Å². The van der Waals surface area contributed by atoms with E-state index in [9.17, 15) is 4.79 Å². The number of hydrogen-bond acceptors (Lipinski definition) is 5. The first kappa shape index (κ1) is 15.8. The minimum atomic E-state index is 0.0992. The Morgan fingerprint density at radius 1 is 1.32 bits per heavy atom. The molecule has 2 aromatic heterocycles. The molecule has 1 saturated heterocycles. The van der Waals surface area contributed by atoms with Gasteiger partial charge in [-0.2, -0.15) is 0 Å². The maximum atomic E-state index is 12.4. The third kappa shape index (κ3) is 3.41. The first-order valence-corrected chi connectivity index (χ1v) is 9.00. The molecule has 25 heavy (non-hydrogen) atoms. The van der Waals surface area contributed by atoms with Crippen molar-refractivity contribution in [3.05, 3.63) is 64.1 Å². The molecule has 0 N–H and O–H groups in total. The third-order valence-corrected chi connectivity index (χ3v) is 5.19. The Bertz CT molecular complexity index is 868. The second-order valence-corrected chi connectivity index (χ2v) is 7.06. The Labute approximate surface area is 149 Å². The molecule has 1 aromatic carbocycles. The van der Waals surface area contributed by atoms with Crippen LogP contribution in [0.2, 0.25) is 0 Å². The topological polar surface area (TPSA) is 60.2 Å². The van der Waals surface area contributed by atoms with E-state index in [1.54, 1.807) is 0 Å². The molecule has 1 aliphatic rings. The highest BCUT2D eigenvalue weighted by Gasteiger charge is 2.33. The summed E-state index contributed by atoms with van der Waals surface area (Å²) in [5, 5.41) is 10.3. The molecule has 6 nitrogen and oxygen atoms in total. The van der Waals surface area contributed by atoms with Gasteiger partial charge in [0.15, 0.2) is 0 Å². The molecular weight excluding hydrogens is 336 g/mol. The quantitative estimate of drug-likeness (QED) is 0.707. The molecule has 1 fully saturated rings. The zero-order valence-corrected chi connectivity index (χ0v) is 14.6. The summed E-state index contributed by atoms with van der Waals surface area (Å²) in [6.45, 7) is 3.71. The van der Waals surface area contributed by atoms with Crippen LogP contribution >= 0.6 is 11.3 Å². The smallest absolute Gasteiger partial charge is 0.264 e. The highest BCUT2D eigenvalue weighted by molar-refractivity contribution is 7.12. The van der Waals surface area contributed by atoms with E-state index in [0.717, 1.165) is 21.9 Å². The molecular formula is C18H18N4O2S. The van der Waals surface area contributed by atoms with E-state index in [-0.39, 0.29) is 11.9 Å². The molecule has 1 amide bonds. The second-order valence-electron chi connectivity index (χ2n) is 6.14. The Morgan fingerprint density at radius 2 is 2.12 bits per heavy atom. The Morgan fingerprint density at radius 3 is 2.84 bits per heavy atom. The molecule has 0 atom stereocenters. The number of amides is 1. The number of nitrogens with zero attached hydrogens (tertiary/aromatic N) is 4. The maximum absolute atomic E-state index is 12.4. The Balaban J connectivity index is 1.31. The van der Waals surface area contributed by atoms with E-state index >= 15 is 0 Å². The Kier molecular flexibility index (Phi) is 4.23. The van der Waals surface area contributed by atoms with Crippen molar-refractivity contribution in [1.29, 1.82) is 0 Å². The zero-order valence-electron chi connectivity index (χ0n) is 13.8. The lowest BCUT2D eigenvalue weighted by Gasteiger charge is -2.38. The predicted octanol–water partition coefficient (Wildman–Crippen LogP) is 2.92. The largest absolute Gasteiger partial charge is 0.487 e. The minimum Gasteiger partial charge on any atom is -0.487 e. The van der Waals surface area contributed by atoms with Crippen LogP contribution in [0.3, 0.4) is 0 Å². The molecule has 0 radical (unpaired) electrons. The fourth-order valence-electron chi connectivity index (χ4n) is 2.72. The fourth-order valence-corrected chi connectivity index (χ4v) is 3.58. The van der Waals surface area contributed by atoms with Crippen molar-refractivity contribution in [3.63, 3.8) is 0 Å². The normalized spacial score (nSPS) is 14.4. The highest BCUT2D eigenvalue weighted by atomic mass is 32.1. The van der Waals surface area contributed by atoms with Crippen LogP contribution in [-0.4, -0.2) is 38.9 Å². The molecule has 7 heteroatoms. The number of benzene rings is 1. The van der Waals surface area contributed by atoms with Gasteiger partial charge in [0.1, 0.15) is 18.1 Å². The lowest BCUT2D eigenvalue weighted by molar-refractivity contribution is 0.0503. The van der Waals surface area contributed by atoms with Crippen LogP contribution in [0.1, 0.15) is 27.0 Å². The molecule has 0 aliphatic carbocycles. The zero-order chi connectivity index (χ0) is 17.2. The number of carbonyl (C=O) groups excluding carboxylic acids is 1. The summed E-state index contributed by atoms with van der Waals surface area (Å²) in [7, 11) is 0.